The molecule has 5 rings (SSSR count). The van der Waals surface area contributed by atoms with E-state index in [0.29, 0.717) is 39.7 Å². The zero-order valence-electron chi connectivity index (χ0n) is 25.3. The number of benzene rings is 2. The first kappa shape index (κ1) is 33.0. The van der Waals surface area contributed by atoms with Crippen LogP contribution in [-0.2, 0) is 23.8 Å². The number of halogens is 3. The number of aromatic nitrogens is 1. The summed E-state index contributed by atoms with van der Waals surface area (Å²) in [5.74, 6) is -0.906. The Bertz CT molecular complexity index is 1660. The predicted molar refractivity (Wildman–Crippen MR) is 161 cm³/mol. The monoisotopic (exact) mass is 665 g/mol. The number of methoxy groups -OCH3 is 5. The highest BCUT2D eigenvalue weighted by molar-refractivity contribution is 7.22. The zero-order valence-corrected chi connectivity index (χ0v) is 26.1. The summed E-state index contributed by atoms with van der Waals surface area (Å²) in [5.41, 5.74) is 2.32. The third-order valence-corrected chi connectivity index (χ3v) is 8.11. The average Bonchev–Trinajstić information content (AvgIpc) is 3.69. The van der Waals surface area contributed by atoms with Gasteiger partial charge in [0.05, 0.1) is 37.3 Å². The summed E-state index contributed by atoms with van der Waals surface area (Å²) >= 11 is 1.08. The number of amides is 1. The Kier molecular flexibility index (Phi) is 9.71. The van der Waals surface area contributed by atoms with Crippen molar-refractivity contribution in [2.24, 2.45) is 5.16 Å². The Morgan fingerprint density at radius 2 is 1.78 bits per heavy atom. The predicted octanol–water partition coefficient (Wildman–Crippen LogP) is 5.22. The Balaban J connectivity index is 1.26. The molecule has 2 unspecified atom stereocenters. The topological polar surface area (TPSA) is 128 Å². The van der Waals surface area contributed by atoms with Crippen molar-refractivity contribution < 1.29 is 56.0 Å². The lowest BCUT2D eigenvalue weighted by Gasteiger charge is -2.36. The van der Waals surface area contributed by atoms with Crippen molar-refractivity contribution in [2.75, 3.05) is 47.5 Å². The number of anilines is 1. The van der Waals surface area contributed by atoms with Gasteiger partial charge >= 0.3 is 6.36 Å². The van der Waals surface area contributed by atoms with Gasteiger partial charge in [0.2, 0.25) is 11.5 Å². The maximum Gasteiger partial charge on any atom is 0.573 e. The zero-order chi connectivity index (χ0) is 33.1. The highest BCUT2D eigenvalue weighted by Gasteiger charge is 2.41. The number of nitrogens with one attached hydrogen (secondary N) is 1. The number of nitrogens with zero attached hydrogens (tertiary/aromatic N) is 2. The molecule has 2 heterocycles. The van der Waals surface area contributed by atoms with Crippen LogP contribution in [0.5, 0.6) is 23.0 Å². The second-order valence-corrected chi connectivity index (χ2v) is 10.9. The molecular weight excluding hydrogens is 635 g/mol. The number of fused-ring (bicyclic) bond motifs is 1. The van der Waals surface area contributed by atoms with Gasteiger partial charge in [0.1, 0.15) is 18.5 Å². The highest BCUT2D eigenvalue weighted by atomic mass is 32.1. The number of ether oxygens (including phenoxy) is 7. The molecule has 1 N–H and O–H groups in total. The molecule has 246 valence electrons. The van der Waals surface area contributed by atoms with Crippen molar-refractivity contribution in [3.63, 3.8) is 0 Å². The lowest BCUT2D eigenvalue weighted by atomic mass is 9.92. The largest absolute Gasteiger partial charge is 0.573 e. The third kappa shape index (κ3) is 7.04. The van der Waals surface area contributed by atoms with Crippen LogP contribution < -0.4 is 24.3 Å². The molecule has 16 heteroatoms. The van der Waals surface area contributed by atoms with Crippen LogP contribution in [-0.4, -0.2) is 83.1 Å². The van der Waals surface area contributed by atoms with Gasteiger partial charge in [-0.05, 0) is 42.0 Å². The number of thiazole rings is 1. The van der Waals surface area contributed by atoms with Crippen molar-refractivity contribution in [1.82, 2.24) is 4.98 Å². The van der Waals surface area contributed by atoms with Crippen LogP contribution in [0, 0.1) is 0 Å². The minimum atomic E-state index is -4.83. The molecule has 1 aliphatic heterocycles. The number of carbonyl (C=O) groups excluding carboxylic acids is 1. The quantitative estimate of drug-likeness (QED) is 0.257. The number of oxime groups is 1. The van der Waals surface area contributed by atoms with Crippen molar-refractivity contribution in [2.45, 2.75) is 30.8 Å². The third-order valence-electron chi connectivity index (χ3n) is 7.16. The molecule has 1 amide bonds. The maximum absolute atomic E-state index is 12.8. The molecule has 12 nitrogen and oxygen atoms in total. The fourth-order valence-electron chi connectivity index (χ4n) is 4.94. The van der Waals surface area contributed by atoms with Crippen molar-refractivity contribution in [3.05, 3.63) is 59.7 Å². The molecule has 0 saturated carbocycles. The second kappa shape index (κ2) is 13.5. The van der Waals surface area contributed by atoms with Crippen molar-refractivity contribution in [3.8, 4) is 23.0 Å². The van der Waals surface area contributed by atoms with E-state index in [2.05, 4.69) is 20.2 Å². The molecule has 0 saturated heterocycles. The van der Waals surface area contributed by atoms with E-state index in [9.17, 15) is 18.0 Å². The SMILES string of the molecule is COc1cc(C2=NOC(C3=CC(OCC(=O)Nc4nc5cc(OC(F)(F)F)ccc5s4)C(OC)(OC)C=C3)C2)cc(OC)c1OC. The van der Waals surface area contributed by atoms with Crippen LogP contribution in [0.15, 0.2) is 59.3 Å². The summed E-state index contributed by atoms with van der Waals surface area (Å²) in [6.45, 7) is -0.423. The second-order valence-electron chi connectivity index (χ2n) is 9.86. The first-order valence-electron chi connectivity index (χ1n) is 13.6. The first-order chi connectivity index (χ1) is 22.0. The normalized spacial score (nSPS) is 18.9. The standard InChI is InChI=1S/C30H30F3N3O9S/c1-38-22-10-17(11-23(39-2)27(22)40-3)19-14-21(45-36-19)16-8-9-29(41-4,42-5)25(12-16)43-15-26(37)35-28-34-20-13-18(44-30(31,32)33)6-7-24(20)46-28/h6-13,21,25H,14-15H2,1-5H3,(H,34,35,37). The van der Waals surface area contributed by atoms with Gasteiger partial charge < -0.3 is 38.0 Å². The number of rotatable bonds is 12. The van der Waals surface area contributed by atoms with E-state index in [1.165, 1.54) is 47.7 Å². The fraction of sp³-hybridized carbons (Fsp3) is 0.367. The lowest BCUT2D eigenvalue weighted by molar-refractivity contribution is -0.274. The smallest absolute Gasteiger partial charge is 0.493 e. The summed E-state index contributed by atoms with van der Waals surface area (Å²) in [7, 11) is 7.46. The van der Waals surface area contributed by atoms with E-state index in [0.717, 1.165) is 23.0 Å². The fourth-order valence-corrected chi connectivity index (χ4v) is 5.80. The molecule has 2 atom stereocenters. The van der Waals surface area contributed by atoms with Crippen LogP contribution in [0.3, 0.4) is 0 Å². The average molecular weight is 666 g/mol. The Morgan fingerprint density at radius 3 is 2.41 bits per heavy atom. The van der Waals surface area contributed by atoms with Gasteiger partial charge in [0, 0.05) is 32.3 Å². The molecule has 0 spiro atoms. The minimum absolute atomic E-state index is 0.174. The number of hydrogen-bond acceptors (Lipinski definition) is 12. The molecule has 1 aliphatic carbocycles. The number of carbonyl (C=O) groups is 1. The van der Waals surface area contributed by atoms with Gasteiger partial charge in [-0.1, -0.05) is 22.6 Å². The van der Waals surface area contributed by atoms with Crippen LogP contribution in [0.1, 0.15) is 12.0 Å². The molecule has 3 aromatic rings. The van der Waals surface area contributed by atoms with E-state index < -0.39 is 42.6 Å². The van der Waals surface area contributed by atoms with Gasteiger partial charge in [0.15, 0.2) is 22.7 Å². The number of alkyl halides is 3. The van der Waals surface area contributed by atoms with E-state index in [1.54, 1.807) is 30.4 Å². The molecule has 2 aromatic carbocycles. The molecule has 2 aliphatic rings. The van der Waals surface area contributed by atoms with Crippen molar-refractivity contribution >= 4 is 38.3 Å². The first-order valence-corrected chi connectivity index (χ1v) is 14.4. The molecular formula is C30H30F3N3O9S. The van der Waals surface area contributed by atoms with E-state index >= 15 is 0 Å². The van der Waals surface area contributed by atoms with Gasteiger partial charge in [-0.3, -0.25) is 10.1 Å². The summed E-state index contributed by atoms with van der Waals surface area (Å²) < 4.78 is 75.7. The summed E-state index contributed by atoms with van der Waals surface area (Å²) in [5, 5.41) is 7.07. The van der Waals surface area contributed by atoms with E-state index in [-0.39, 0.29) is 10.6 Å². The highest BCUT2D eigenvalue weighted by Crippen LogP contribution is 2.40. The molecule has 0 fully saturated rings. The molecule has 0 bridgehead atoms. The van der Waals surface area contributed by atoms with Crippen LogP contribution in [0.2, 0.25) is 0 Å². The molecule has 1 aromatic heterocycles. The van der Waals surface area contributed by atoms with Gasteiger partial charge in [0.25, 0.3) is 5.91 Å². The molecule has 0 radical (unpaired) electrons. The lowest BCUT2D eigenvalue weighted by Crippen LogP contribution is -2.47. The van der Waals surface area contributed by atoms with Gasteiger partial charge in [-0.25, -0.2) is 4.98 Å². The maximum atomic E-state index is 12.8. The van der Waals surface area contributed by atoms with Crippen LogP contribution in [0.4, 0.5) is 18.3 Å². The summed E-state index contributed by atoms with van der Waals surface area (Å²) in [6.07, 6.45) is -0.604. The minimum Gasteiger partial charge on any atom is -0.493 e. The van der Waals surface area contributed by atoms with Gasteiger partial charge in [-0.2, -0.15) is 0 Å². The van der Waals surface area contributed by atoms with Crippen molar-refractivity contribution in [1.29, 1.82) is 0 Å². The summed E-state index contributed by atoms with van der Waals surface area (Å²) in [4.78, 5) is 22.8. The van der Waals surface area contributed by atoms with Gasteiger partial charge in [-0.15, -0.1) is 13.2 Å². The Labute approximate surface area is 265 Å². The van der Waals surface area contributed by atoms with E-state index in [4.69, 9.17) is 33.3 Å². The summed E-state index contributed by atoms with van der Waals surface area (Å²) in [6, 6.07) is 7.30. The Morgan fingerprint density at radius 1 is 1.07 bits per heavy atom. The number of hydrogen-bond donors (Lipinski definition) is 1. The molecule has 46 heavy (non-hydrogen) atoms. The van der Waals surface area contributed by atoms with Crippen LogP contribution in [0.25, 0.3) is 10.2 Å². The van der Waals surface area contributed by atoms with E-state index in [1.807, 2.05) is 0 Å². The van der Waals surface area contributed by atoms with Crippen LogP contribution >= 0.6 is 11.3 Å². The Hall–Kier alpha value is -4.38.